The molecule has 1 aliphatic carbocycles. The Morgan fingerprint density at radius 3 is 2.50 bits per heavy atom. The maximum Gasteiger partial charge on any atom is 0.0926 e. The number of rotatable bonds is 5. The van der Waals surface area contributed by atoms with Gasteiger partial charge < -0.3 is 0 Å². The molecule has 0 heterocycles. The molecule has 4 heteroatoms. The van der Waals surface area contributed by atoms with E-state index < -0.39 is 0 Å². The summed E-state index contributed by atoms with van der Waals surface area (Å²) < 4.78 is 4.47. The molecule has 0 aliphatic heterocycles. The fourth-order valence-electron chi connectivity index (χ4n) is 1.42. The third kappa shape index (κ3) is 3.97. The van der Waals surface area contributed by atoms with Gasteiger partial charge in [0, 0.05) is 21.6 Å². The first-order valence-electron chi connectivity index (χ1n) is 5.38. The lowest BCUT2D eigenvalue weighted by molar-refractivity contribution is 1.64. The van der Waals surface area contributed by atoms with Gasteiger partial charge in [-0.3, -0.25) is 0 Å². The normalized spacial score (nSPS) is 18.7. The number of hydrogen-bond donors (Lipinski definition) is 0. The number of nitrogens with zero attached hydrogens (tertiary/aromatic N) is 1. The van der Waals surface area contributed by atoms with Crippen molar-refractivity contribution in [3.8, 4) is 0 Å². The van der Waals surface area contributed by atoms with Gasteiger partial charge in [-0.25, -0.2) is 4.40 Å². The molecular weight excluding hydrogens is 278 g/mol. The second kappa shape index (κ2) is 7.77. The van der Waals surface area contributed by atoms with Crippen LogP contribution in [0.3, 0.4) is 0 Å². The molecule has 0 atom stereocenters. The van der Waals surface area contributed by atoms with Gasteiger partial charge in [0.25, 0.3) is 0 Å². The highest BCUT2D eigenvalue weighted by Gasteiger charge is 2.18. The first-order chi connectivity index (χ1) is 8.63. The fraction of sp³-hybridized carbons (Fsp3) is 0.214. The van der Waals surface area contributed by atoms with Crippen LogP contribution in [0.4, 0.5) is 0 Å². The average molecular weight is 295 g/mol. The minimum Gasteiger partial charge on any atom is -0.215 e. The third-order valence-corrected chi connectivity index (χ3v) is 4.42. The van der Waals surface area contributed by atoms with Crippen LogP contribution in [-0.4, -0.2) is 18.2 Å². The van der Waals surface area contributed by atoms with Gasteiger partial charge in [-0.1, -0.05) is 37.1 Å². The Bertz CT molecular complexity index is 467. The number of allylic oxidation sites excluding steroid dienone is 7. The van der Waals surface area contributed by atoms with E-state index in [4.69, 9.17) is 0 Å². The van der Waals surface area contributed by atoms with Gasteiger partial charge in [0.15, 0.2) is 0 Å². The molecule has 0 saturated heterocycles. The van der Waals surface area contributed by atoms with Crippen molar-refractivity contribution in [1.29, 1.82) is 0 Å². The van der Waals surface area contributed by atoms with Gasteiger partial charge in [0.2, 0.25) is 0 Å². The largest absolute Gasteiger partial charge is 0.215 e. The van der Waals surface area contributed by atoms with Crippen LogP contribution >= 0.6 is 35.5 Å². The summed E-state index contributed by atoms with van der Waals surface area (Å²) in [5.41, 5.74) is 1.99. The molecule has 0 N–H and O–H groups in total. The van der Waals surface area contributed by atoms with E-state index in [-0.39, 0.29) is 0 Å². The van der Waals surface area contributed by atoms with Crippen molar-refractivity contribution in [2.75, 3.05) is 12.5 Å². The zero-order valence-corrected chi connectivity index (χ0v) is 13.3. The molecule has 1 nitrogen and oxygen atoms in total. The first kappa shape index (κ1) is 15.5. The Morgan fingerprint density at radius 2 is 1.94 bits per heavy atom. The lowest BCUT2D eigenvalue weighted by Crippen LogP contribution is -2.08. The Hall–Kier alpha value is -0.580. The van der Waals surface area contributed by atoms with Crippen molar-refractivity contribution in [3.63, 3.8) is 0 Å². The highest BCUT2D eigenvalue weighted by molar-refractivity contribution is 8.07. The number of thioether (sulfide) groups is 2. The van der Waals surface area contributed by atoms with Crippen molar-refractivity contribution in [2.24, 2.45) is 4.40 Å². The molecule has 0 aromatic carbocycles. The van der Waals surface area contributed by atoms with E-state index in [0.29, 0.717) is 0 Å². The molecule has 0 unspecified atom stereocenters. The van der Waals surface area contributed by atoms with Gasteiger partial charge in [-0.2, -0.15) is 0 Å². The van der Waals surface area contributed by atoms with Gasteiger partial charge in [0.1, 0.15) is 0 Å². The molecule has 0 saturated carbocycles. The van der Waals surface area contributed by atoms with E-state index in [0.717, 1.165) is 16.2 Å². The van der Waals surface area contributed by atoms with Gasteiger partial charge in [-0.05, 0) is 42.2 Å². The van der Waals surface area contributed by atoms with Crippen molar-refractivity contribution < 1.29 is 0 Å². The summed E-state index contributed by atoms with van der Waals surface area (Å²) in [6.45, 7) is 9.94. The molecule has 0 aromatic rings. The fourth-order valence-corrected chi connectivity index (χ4v) is 3.30. The van der Waals surface area contributed by atoms with Crippen LogP contribution in [0.15, 0.2) is 62.1 Å². The summed E-state index contributed by atoms with van der Waals surface area (Å²) in [7, 11) is 0. The van der Waals surface area contributed by atoms with Crippen molar-refractivity contribution in [2.45, 2.75) is 6.92 Å². The maximum absolute atomic E-state index is 4.47. The quantitative estimate of drug-likeness (QED) is 0.509. The van der Waals surface area contributed by atoms with Crippen LogP contribution in [-0.2, 0) is 0 Å². The molecule has 0 fully saturated rings. The smallest absolute Gasteiger partial charge is 0.0926 e. The van der Waals surface area contributed by atoms with Crippen molar-refractivity contribution in [1.82, 2.24) is 0 Å². The Labute approximate surface area is 122 Å². The summed E-state index contributed by atoms with van der Waals surface area (Å²) in [5.74, 6) is 0. The van der Waals surface area contributed by atoms with Gasteiger partial charge >= 0.3 is 0 Å². The summed E-state index contributed by atoms with van der Waals surface area (Å²) in [5, 5.41) is 0. The molecule has 0 bridgehead atoms. The molecule has 18 heavy (non-hydrogen) atoms. The maximum atomic E-state index is 4.47. The van der Waals surface area contributed by atoms with Crippen molar-refractivity contribution >= 4 is 41.2 Å². The second-order valence-corrected chi connectivity index (χ2v) is 6.17. The Balaban J connectivity index is 3.02. The van der Waals surface area contributed by atoms with E-state index in [1.165, 1.54) is 21.8 Å². The Kier molecular flexibility index (Phi) is 6.68. The molecule has 0 amide bonds. The van der Waals surface area contributed by atoms with Crippen LogP contribution in [0.1, 0.15) is 6.92 Å². The minimum atomic E-state index is 0.992. The molecule has 96 valence electrons. The van der Waals surface area contributed by atoms with E-state index in [1.807, 2.05) is 12.3 Å². The molecule has 1 aliphatic rings. The van der Waals surface area contributed by atoms with E-state index in [9.17, 15) is 0 Å². The van der Waals surface area contributed by atoms with Crippen LogP contribution in [0.2, 0.25) is 0 Å². The van der Waals surface area contributed by atoms with Crippen LogP contribution in [0.5, 0.6) is 0 Å². The standard InChI is InChI=1S/C14H17NS3/c1-6-7-10(2)18-12-8-9-13(16-4)14(11(12)3)15-17-5/h6-9H,1,3H2,2,4-5H3/b10-7-,15-14?. The summed E-state index contributed by atoms with van der Waals surface area (Å²) >= 11 is 4.87. The van der Waals surface area contributed by atoms with E-state index >= 15 is 0 Å². The van der Waals surface area contributed by atoms with Crippen LogP contribution in [0, 0.1) is 0 Å². The van der Waals surface area contributed by atoms with Crippen LogP contribution in [0.25, 0.3) is 0 Å². The monoisotopic (exact) mass is 295 g/mol. The summed E-state index contributed by atoms with van der Waals surface area (Å²) in [6.07, 6.45) is 12.0. The average Bonchev–Trinajstić information content (AvgIpc) is 2.35. The third-order valence-electron chi connectivity index (χ3n) is 2.23. The summed E-state index contributed by atoms with van der Waals surface area (Å²) in [4.78, 5) is 3.52. The second-order valence-electron chi connectivity index (χ2n) is 3.48. The zero-order valence-electron chi connectivity index (χ0n) is 10.9. The molecular formula is C14H17NS3. The molecule has 1 rings (SSSR count). The predicted molar refractivity (Wildman–Crippen MR) is 91.3 cm³/mol. The lowest BCUT2D eigenvalue weighted by atomic mass is 10.1. The van der Waals surface area contributed by atoms with Crippen molar-refractivity contribution in [3.05, 3.63) is 57.8 Å². The minimum absolute atomic E-state index is 0.992. The first-order valence-corrected chi connectivity index (χ1v) is 8.60. The van der Waals surface area contributed by atoms with E-state index in [1.54, 1.807) is 29.6 Å². The molecule has 0 aromatic heterocycles. The lowest BCUT2D eigenvalue weighted by Gasteiger charge is -2.18. The molecule has 0 spiro atoms. The SMILES string of the molecule is C=C/C=C(/C)SC1=CC=C(SC)C(=NSC)C1=C. The summed E-state index contributed by atoms with van der Waals surface area (Å²) in [6, 6.07) is 0. The van der Waals surface area contributed by atoms with Gasteiger partial charge in [0.05, 0.1) is 5.71 Å². The highest BCUT2D eigenvalue weighted by Crippen LogP contribution is 2.37. The van der Waals surface area contributed by atoms with Crippen LogP contribution < -0.4 is 0 Å². The predicted octanol–water partition coefficient (Wildman–Crippen LogP) is 5.23. The molecule has 0 radical (unpaired) electrons. The Morgan fingerprint density at radius 1 is 1.28 bits per heavy atom. The topological polar surface area (TPSA) is 12.4 Å². The zero-order chi connectivity index (χ0) is 13.5. The van der Waals surface area contributed by atoms with E-state index in [2.05, 4.69) is 42.9 Å². The van der Waals surface area contributed by atoms with Gasteiger partial charge in [-0.15, -0.1) is 11.8 Å². The number of hydrogen-bond acceptors (Lipinski definition) is 4. The highest BCUT2D eigenvalue weighted by atomic mass is 32.2.